The van der Waals surface area contributed by atoms with Crippen LogP contribution in [-0.2, 0) is 19.7 Å². The van der Waals surface area contributed by atoms with Crippen LogP contribution in [0.1, 0.15) is 88.6 Å². The molecule has 1 rings (SSSR count). The number of benzene rings is 1. The minimum Gasteiger partial charge on any atom is -0.373 e. The Morgan fingerprint density at radius 1 is 0.786 bits per heavy atom. The molecule has 1 aromatic rings. The van der Waals surface area contributed by atoms with E-state index in [2.05, 4.69) is 67.9 Å². The lowest BCUT2D eigenvalue weighted by molar-refractivity contribution is 0.0564. The van der Waals surface area contributed by atoms with Crippen LogP contribution in [0.25, 0.3) is 0 Å². The van der Waals surface area contributed by atoms with Gasteiger partial charge in [0.1, 0.15) is 0 Å². The lowest BCUT2D eigenvalue weighted by Crippen LogP contribution is -2.47. The van der Waals surface area contributed by atoms with Crippen molar-refractivity contribution in [1.82, 2.24) is 0 Å². The fourth-order valence-corrected chi connectivity index (χ4v) is 5.83. The Morgan fingerprint density at radius 3 is 1.64 bits per heavy atom. The van der Waals surface area contributed by atoms with Gasteiger partial charge in [-0.3, -0.25) is 0 Å². The van der Waals surface area contributed by atoms with Crippen molar-refractivity contribution in [1.29, 1.82) is 0 Å². The van der Waals surface area contributed by atoms with E-state index in [0.29, 0.717) is 4.83 Å². The van der Waals surface area contributed by atoms with E-state index in [4.69, 9.17) is 13.3 Å². The molecule has 28 heavy (non-hydrogen) atoms. The summed E-state index contributed by atoms with van der Waals surface area (Å²) in [5, 5.41) is 0. The minimum absolute atomic E-state index is 0.433. The van der Waals surface area contributed by atoms with Gasteiger partial charge in [0.15, 0.2) is 0 Å². The molecule has 0 aliphatic heterocycles. The molecule has 3 nitrogen and oxygen atoms in total. The van der Waals surface area contributed by atoms with Crippen LogP contribution in [-0.4, -0.2) is 28.6 Å². The van der Waals surface area contributed by atoms with Gasteiger partial charge in [-0.15, -0.1) is 0 Å². The summed E-state index contributed by atoms with van der Waals surface area (Å²) in [5.41, 5.74) is 2.67. The number of hydrogen-bond acceptors (Lipinski definition) is 3. The van der Waals surface area contributed by atoms with Gasteiger partial charge in [0, 0.05) is 30.7 Å². The fourth-order valence-electron chi connectivity index (χ4n) is 2.88. The monoisotopic (exact) mass is 472 g/mol. The summed E-state index contributed by atoms with van der Waals surface area (Å²) in [7, 11) is -2.64. The molecular weight excluding hydrogens is 432 g/mol. The van der Waals surface area contributed by atoms with Gasteiger partial charge in [0.05, 0.1) is 0 Å². The number of aryl methyl sites for hydroxylation is 1. The maximum Gasteiger partial charge on any atom is 0.501 e. The average Bonchev–Trinajstić information content (AvgIpc) is 2.72. The third-order valence-electron chi connectivity index (χ3n) is 4.88. The summed E-state index contributed by atoms with van der Waals surface area (Å²) in [6.07, 6.45) is 8.58. The van der Waals surface area contributed by atoms with Gasteiger partial charge in [0.2, 0.25) is 0 Å². The number of rotatable bonds is 17. The Kier molecular flexibility index (Phi) is 14.4. The van der Waals surface area contributed by atoms with Crippen molar-refractivity contribution in [3.05, 3.63) is 35.4 Å². The molecule has 162 valence electrons. The first kappa shape index (κ1) is 25.8. The summed E-state index contributed by atoms with van der Waals surface area (Å²) in [5.74, 6) is 0. The van der Waals surface area contributed by atoms with Gasteiger partial charge in [-0.2, -0.15) is 0 Å². The predicted molar refractivity (Wildman–Crippen MR) is 125 cm³/mol. The molecule has 0 aliphatic carbocycles. The fraction of sp³-hybridized carbons (Fsp3) is 0.739. The summed E-state index contributed by atoms with van der Waals surface area (Å²) in [6.45, 7) is 11.0. The third-order valence-corrected chi connectivity index (χ3v) is 8.85. The van der Waals surface area contributed by atoms with Crippen molar-refractivity contribution >= 4 is 24.7 Å². The van der Waals surface area contributed by atoms with Gasteiger partial charge in [0.25, 0.3) is 0 Å². The van der Waals surface area contributed by atoms with Gasteiger partial charge < -0.3 is 13.3 Å². The van der Waals surface area contributed by atoms with E-state index in [1.54, 1.807) is 0 Å². The highest BCUT2D eigenvalue weighted by molar-refractivity contribution is 9.09. The van der Waals surface area contributed by atoms with Crippen molar-refractivity contribution in [2.24, 2.45) is 0 Å². The van der Waals surface area contributed by atoms with Crippen LogP contribution in [0.15, 0.2) is 24.3 Å². The molecule has 0 spiro atoms. The first-order valence-electron chi connectivity index (χ1n) is 11.3. The Bertz CT molecular complexity index is 469. The number of halogens is 1. The average molecular weight is 474 g/mol. The summed E-state index contributed by atoms with van der Waals surface area (Å²) >= 11 is 3.73. The van der Waals surface area contributed by atoms with Gasteiger partial charge in [-0.25, -0.2) is 0 Å². The van der Waals surface area contributed by atoms with E-state index in [-0.39, 0.29) is 0 Å². The largest absolute Gasteiger partial charge is 0.501 e. The summed E-state index contributed by atoms with van der Waals surface area (Å²) < 4.78 is 19.1. The predicted octanol–water partition coefficient (Wildman–Crippen LogP) is 7.46. The molecule has 1 atom stereocenters. The van der Waals surface area contributed by atoms with Crippen molar-refractivity contribution in [2.45, 2.75) is 89.9 Å². The topological polar surface area (TPSA) is 27.7 Å². The third kappa shape index (κ3) is 10.0. The number of alkyl halides is 1. The van der Waals surface area contributed by atoms with Crippen molar-refractivity contribution in [2.75, 3.05) is 19.8 Å². The second-order valence-corrected chi connectivity index (χ2v) is 11.2. The summed E-state index contributed by atoms with van der Waals surface area (Å²) in [6, 6.07) is 9.80. The zero-order chi connectivity index (χ0) is 20.7. The molecule has 0 bridgehead atoms. The van der Waals surface area contributed by atoms with Crippen LogP contribution in [0.2, 0.25) is 6.04 Å². The molecule has 0 N–H and O–H groups in total. The van der Waals surface area contributed by atoms with Gasteiger partial charge in [-0.1, -0.05) is 87.2 Å². The minimum atomic E-state index is -2.64. The van der Waals surface area contributed by atoms with Crippen LogP contribution in [0, 0.1) is 0 Å². The second-order valence-electron chi connectivity index (χ2n) is 7.41. The Labute approximate surface area is 183 Å². The lowest BCUT2D eigenvalue weighted by atomic mass is 10.1. The van der Waals surface area contributed by atoms with Crippen LogP contribution < -0.4 is 0 Å². The second kappa shape index (κ2) is 15.6. The van der Waals surface area contributed by atoms with Crippen molar-refractivity contribution in [3.8, 4) is 0 Å². The SMILES string of the molecule is CCCCO[Si](CCc1ccc(C(Br)CC)cc1)(OCCCC)OCCCC. The van der Waals surface area contributed by atoms with Crippen molar-refractivity contribution in [3.63, 3.8) is 0 Å². The highest BCUT2D eigenvalue weighted by atomic mass is 79.9. The molecule has 0 fully saturated rings. The summed E-state index contributed by atoms with van der Waals surface area (Å²) in [4.78, 5) is 0.433. The maximum atomic E-state index is 6.35. The van der Waals surface area contributed by atoms with Crippen LogP contribution in [0.3, 0.4) is 0 Å². The smallest absolute Gasteiger partial charge is 0.373 e. The maximum absolute atomic E-state index is 6.35. The Hall–Kier alpha value is -0.203. The standard InChI is InChI=1S/C23H41BrO3Si/c1-5-9-17-25-28(26-18-10-6-2,27-19-11-7-3)20-16-21-12-14-22(15-13-21)23(24)8-4/h12-15,23H,5-11,16-20H2,1-4H3. The highest BCUT2D eigenvalue weighted by Gasteiger charge is 2.40. The van der Waals surface area contributed by atoms with Gasteiger partial charge >= 0.3 is 8.80 Å². The van der Waals surface area contributed by atoms with E-state index in [1.165, 1.54) is 11.1 Å². The molecule has 0 radical (unpaired) electrons. The molecule has 0 saturated carbocycles. The van der Waals surface area contributed by atoms with Crippen molar-refractivity contribution < 1.29 is 13.3 Å². The highest BCUT2D eigenvalue weighted by Crippen LogP contribution is 2.27. The molecule has 0 saturated heterocycles. The first-order chi connectivity index (χ1) is 13.6. The van der Waals surface area contributed by atoms with E-state index in [0.717, 1.165) is 77.2 Å². The Morgan fingerprint density at radius 2 is 1.25 bits per heavy atom. The van der Waals surface area contributed by atoms with Crippen LogP contribution in [0.5, 0.6) is 0 Å². The normalized spacial score (nSPS) is 13.0. The van der Waals surface area contributed by atoms with Gasteiger partial charge in [-0.05, 0) is 43.2 Å². The lowest BCUT2D eigenvalue weighted by Gasteiger charge is -2.30. The quantitative estimate of drug-likeness (QED) is 0.133. The number of hydrogen-bond donors (Lipinski definition) is 0. The molecule has 1 aromatic carbocycles. The zero-order valence-corrected chi connectivity index (χ0v) is 21.1. The van der Waals surface area contributed by atoms with Crippen LogP contribution >= 0.6 is 15.9 Å². The van der Waals surface area contributed by atoms with E-state index in [9.17, 15) is 0 Å². The van der Waals surface area contributed by atoms with E-state index in [1.807, 2.05) is 0 Å². The number of unbranched alkanes of at least 4 members (excludes halogenated alkanes) is 3. The molecule has 0 heterocycles. The van der Waals surface area contributed by atoms with Crippen LogP contribution in [0.4, 0.5) is 0 Å². The zero-order valence-electron chi connectivity index (χ0n) is 18.5. The molecule has 0 amide bonds. The van der Waals surface area contributed by atoms with E-state index >= 15 is 0 Å². The van der Waals surface area contributed by atoms with E-state index < -0.39 is 8.80 Å². The molecule has 5 heteroatoms. The molecule has 1 unspecified atom stereocenters. The first-order valence-corrected chi connectivity index (χ1v) is 14.1. The molecule has 0 aromatic heterocycles. The Balaban J connectivity index is 2.80. The molecular formula is C23H41BrO3Si. The molecule has 0 aliphatic rings.